The minimum Gasteiger partial charge on any atom is -0.378 e. The summed E-state index contributed by atoms with van der Waals surface area (Å²) in [4.78, 5) is 25.1. The van der Waals surface area contributed by atoms with Crippen molar-refractivity contribution < 1.29 is 14.3 Å². The molecule has 108 valence electrons. The summed E-state index contributed by atoms with van der Waals surface area (Å²) in [5, 5.41) is 3.09. The highest BCUT2D eigenvalue weighted by molar-refractivity contribution is 5.87. The van der Waals surface area contributed by atoms with Crippen LogP contribution < -0.4 is 11.1 Å². The molecule has 0 aromatic carbocycles. The molecule has 0 bridgehead atoms. The van der Waals surface area contributed by atoms with Crippen LogP contribution in [0.1, 0.15) is 32.1 Å². The molecule has 2 aliphatic rings. The van der Waals surface area contributed by atoms with Gasteiger partial charge in [-0.3, -0.25) is 9.59 Å². The highest BCUT2D eigenvalue weighted by Crippen LogP contribution is 2.18. The van der Waals surface area contributed by atoms with Gasteiger partial charge >= 0.3 is 0 Å². The van der Waals surface area contributed by atoms with Crippen LogP contribution in [0.3, 0.4) is 0 Å². The zero-order valence-electron chi connectivity index (χ0n) is 11.3. The average molecular weight is 269 g/mol. The standard InChI is InChI=1S/C13H23N3O3/c14-13(18)11-9-15-6-7-16(11)12(17)5-4-10-3-1-2-8-19-10/h10-11,15H,1-9H2,(H2,14,18). The van der Waals surface area contributed by atoms with Gasteiger partial charge in [0.1, 0.15) is 6.04 Å². The van der Waals surface area contributed by atoms with Gasteiger partial charge in [-0.25, -0.2) is 0 Å². The van der Waals surface area contributed by atoms with Crippen LogP contribution in [0.25, 0.3) is 0 Å². The first-order valence-electron chi connectivity index (χ1n) is 7.09. The van der Waals surface area contributed by atoms with E-state index in [0.29, 0.717) is 19.5 Å². The van der Waals surface area contributed by atoms with E-state index >= 15 is 0 Å². The molecule has 6 nitrogen and oxygen atoms in total. The van der Waals surface area contributed by atoms with Crippen molar-refractivity contribution >= 4 is 11.8 Å². The van der Waals surface area contributed by atoms with Crippen LogP contribution in [0.4, 0.5) is 0 Å². The first kappa shape index (κ1) is 14.3. The summed E-state index contributed by atoms with van der Waals surface area (Å²) in [5.74, 6) is -0.422. The third-order valence-electron chi connectivity index (χ3n) is 3.85. The van der Waals surface area contributed by atoms with Crippen LogP contribution >= 0.6 is 0 Å². The van der Waals surface area contributed by atoms with E-state index < -0.39 is 11.9 Å². The van der Waals surface area contributed by atoms with E-state index in [1.165, 1.54) is 6.42 Å². The topological polar surface area (TPSA) is 84.7 Å². The Morgan fingerprint density at radius 1 is 1.37 bits per heavy atom. The number of rotatable bonds is 4. The van der Waals surface area contributed by atoms with Crippen LogP contribution in [-0.4, -0.2) is 55.1 Å². The number of hydrogen-bond acceptors (Lipinski definition) is 4. The van der Waals surface area contributed by atoms with Crippen molar-refractivity contribution in [3.05, 3.63) is 0 Å². The summed E-state index contributed by atoms with van der Waals surface area (Å²) in [6, 6.07) is -0.506. The molecule has 19 heavy (non-hydrogen) atoms. The fourth-order valence-corrected chi connectivity index (χ4v) is 2.72. The van der Waals surface area contributed by atoms with Crippen molar-refractivity contribution in [1.29, 1.82) is 0 Å². The van der Waals surface area contributed by atoms with Gasteiger partial charge in [0.15, 0.2) is 0 Å². The van der Waals surface area contributed by atoms with Crippen molar-refractivity contribution in [2.24, 2.45) is 5.73 Å². The van der Waals surface area contributed by atoms with Crippen LogP contribution in [0.15, 0.2) is 0 Å². The molecule has 2 unspecified atom stereocenters. The lowest BCUT2D eigenvalue weighted by Crippen LogP contribution is -2.58. The smallest absolute Gasteiger partial charge is 0.241 e. The minimum atomic E-state index is -0.506. The lowest BCUT2D eigenvalue weighted by molar-refractivity contribution is -0.141. The Bertz CT molecular complexity index is 329. The number of primary amides is 1. The average Bonchev–Trinajstić information content (AvgIpc) is 2.46. The molecular formula is C13H23N3O3. The van der Waals surface area contributed by atoms with E-state index in [2.05, 4.69) is 5.32 Å². The predicted octanol–water partition coefficient (Wildman–Crippen LogP) is -0.379. The number of ether oxygens (including phenoxy) is 1. The molecule has 0 radical (unpaired) electrons. The zero-order valence-corrected chi connectivity index (χ0v) is 11.3. The van der Waals surface area contributed by atoms with Crippen molar-refractivity contribution in [1.82, 2.24) is 10.2 Å². The molecule has 3 N–H and O–H groups in total. The van der Waals surface area contributed by atoms with E-state index in [1.807, 2.05) is 0 Å². The number of piperazine rings is 1. The van der Waals surface area contributed by atoms with Crippen molar-refractivity contribution in [3.8, 4) is 0 Å². The molecule has 0 aromatic rings. The normalized spacial score (nSPS) is 28.1. The number of carbonyl (C=O) groups is 2. The quantitative estimate of drug-likeness (QED) is 0.728. The number of nitrogens with zero attached hydrogens (tertiary/aromatic N) is 1. The number of nitrogens with one attached hydrogen (secondary N) is 1. The molecule has 2 saturated heterocycles. The number of nitrogens with two attached hydrogens (primary N) is 1. The molecule has 2 amide bonds. The summed E-state index contributed by atoms with van der Waals surface area (Å²) >= 11 is 0. The fraction of sp³-hybridized carbons (Fsp3) is 0.846. The van der Waals surface area contributed by atoms with Gasteiger partial charge in [0, 0.05) is 32.7 Å². The second kappa shape index (κ2) is 6.86. The number of amides is 2. The van der Waals surface area contributed by atoms with E-state index in [1.54, 1.807) is 4.90 Å². The Morgan fingerprint density at radius 2 is 2.21 bits per heavy atom. The number of carbonyl (C=O) groups excluding carboxylic acids is 2. The lowest BCUT2D eigenvalue weighted by atomic mass is 10.0. The summed E-state index contributed by atoms with van der Waals surface area (Å²) in [6.45, 7) is 2.53. The van der Waals surface area contributed by atoms with E-state index in [4.69, 9.17) is 10.5 Å². The van der Waals surface area contributed by atoms with Gasteiger partial charge in [-0.15, -0.1) is 0 Å². The second-order valence-corrected chi connectivity index (χ2v) is 5.24. The first-order chi connectivity index (χ1) is 9.18. The summed E-state index contributed by atoms with van der Waals surface area (Å²) in [7, 11) is 0. The lowest BCUT2D eigenvalue weighted by Gasteiger charge is -2.34. The molecular weight excluding hydrogens is 246 g/mol. The Morgan fingerprint density at radius 3 is 2.89 bits per heavy atom. The van der Waals surface area contributed by atoms with E-state index in [9.17, 15) is 9.59 Å². The van der Waals surface area contributed by atoms with Crippen LogP contribution in [-0.2, 0) is 14.3 Å². The minimum absolute atomic E-state index is 0.0134. The fourth-order valence-electron chi connectivity index (χ4n) is 2.72. The highest BCUT2D eigenvalue weighted by Gasteiger charge is 2.30. The van der Waals surface area contributed by atoms with Crippen molar-refractivity contribution in [3.63, 3.8) is 0 Å². The van der Waals surface area contributed by atoms with Crippen LogP contribution in [0.2, 0.25) is 0 Å². The monoisotopic (exact) mass is 269 g/mol. The van der Waals surface area contributed by atoms with Gasteiger partial charge in [0.2, 0.25) is 11.8 Å². The van der Waals surface area contributed by atoms with Gasteiger partial charge in [0.05, 0.1) is 6.10 Å². The van der Waals surface area contributed by atoms with Crippen molar-refractivity contribution in [2.45, 2.75) is 44.2 Å². The Hall–Kier alpha value is -1.14. The third kappa shape index (κ3) is 3.91. The molecule has 0 aromatic heterocycles. The van der Waals surface area contributed by atoms with Crippen LogP contribution in [0, 0.1) is 0 Å². The first-order valence-corrected chi connectivity index (χ1v) is 7.09. The van der Waals surface area contributed by atoms with Gasteiger partial charge in [0.25, 0.3) is 0 Å². The van der Waals surface area contributed by atoms with Gasteiger partial charge < -0.3 is 20.7 Å². The van der Waals surface area contributed by atoms with Gasteiger partial charge in [-0.2, -0.15) is 0 Å². The molecule has 6 heteroatoms. The molecule has 0 spiro atoms. The van der Waals surface area contributed by atoms with Gasteiger partial charge in [-0.1, -0.05) is 0 Å². The molecule has 0 aliphatic carbocycles. The molecule has 2 fully saturated rings. The molecule has 2 aliphatic heterocycles. The Labute approximate surface area is 113 Å². The second-order valence-electron chi connectivity index (χ2n) is 5.24. The maximum atomic E-state index is 12.2. The Kier molecular flexibility index (Phi) is 5.15. The summed E-state index contributed by atoms with van der Waals surface area (Å²) in [5.41, 5.74) is 5.34. The Balaban J connectivity index is 1.81. The van der Waals surface area contributed by atoms with E-state index in [-0.39, 0.29) is 12.0 Å². The van der Waals surface area contributed by atoms with E-state index in [0.717, 1.165) is 32.4 Å². The maximum Gasteiger partial charge on any atom is 0.241 e. The predicted molar refractivity (Wildman–Crippen MR) is 70.4 cm³/mol. The van der Waals surface area contributed by atoms with Crippen molar-refractivity contribution in [2.75, 3.05) is 26.2 Å². The third-order valence-corrected chi connectivity index (χ3v) is 3.85. The number of hydrogen-bond donors (Lipinski definition) is 2. The zero-order chi connectivity index (χ0) is 13.7. The van der Waals surface area contributed by atoms with Gasteiger partial charge in [-0.05, 0) is 25.7 Å². The summed E-state index contributed by atoms with van der Waals surface area (Å²) in [6.07, 6.45) is 4.71. The molecule has 2 heterocycles. The molecule has 2 atom stereocenters. The summed E-state index contributed by atoms with van der Waals surface area (Å²) < 4.78 is 5.62. The molecule has 2 rings (SSSR count). The largest absolute Gasteiger partial charge is 0.378 e. The highest BCUT2D eigenvalue weighted by atomic mass is 16.5. The SMILES string of the molecule is NC(=O)C1CNCCN1C(=O)CCC1CCCCO1. The van der Waals surface area contributed by atoms with Crippen LogP contribution in [0.5, 0.6) is 0 Å². The molecule has 0 saturated carbocycles. The maximum absolute atomic E-state index is 12.2.